The number of nitrogens with zero attached hydrogens (tertiary/aromatic N) is 8. The summed E-state index contributed by atoms with van der Waals surface area (Å²) in [6.45, 7) is 19.5. The number of aromatic nitrogens is 4. The zero-order valence-corrected chi connectivity index (χ0v) is 39.9. The number of aliphatic hydroxyl groups is 1. The molecule has 0 radical (unpaired) electrons. The second kappa shape index (κ2) is 17.4. The second-order valence-corrected chi connectivity index (χ2v) is 20.2. The lowest BCUT2D eigenvalue weighted by Gasteiger charge is -2.47. The maximum Gasteiger partial charge on any atom is 0.276 e. The van der Waals surface area contributed by atoms with E-state index in [2.05, 4.69) is 90.7 Å². The maximum absolute atomic E-state index is 14.1. The van der Waals surface area contributed by atoms with Crippen LogP contribution in [0.1, 0.15) is 80.3 Å². The Kier molecular flexibility index (Phi) is 11.5. The van der Waals surface area contributed by atoms with Crippen LogP contribution in [0, 0.1) is 5.41 Å². The van der Waals surface area contributed by atoms with Crippen molar-refractivity contribution in [3.63, 3.8) is 0 Å². The van der Waals surface area contributed by atoms with Crippen molar-refractivity contribution in [2.24, 2.45) is 5.41 Å². The normalized spacial score (nSPS) is 19.9. The van der Waals surface area contributed by atoms with Crippen molar-refractivity contribution < 1.29 is 24.2 Å². The largest absolute Gasteiger partial charge is 0.478 e. The number of amides is 3. The Morgan fingerprint density at radius 1 is 0.985 bits per heavy atom. The van der Waals surface area contributed by atoms with Gasteiger partial charge in [0.25, 0.3) is 11.8 Å². The number of nitrogens with one attached hydrogen (secondary N) is 3. The molecule has 5 aromatic rings. The summed E-state index contributed by atoms with van der Waals surface area (Å²) in [7, 11) is 1.52. The van der Waals surface area contributed by atoms with E-state index in [1.807, 2.05) is 38.1 Å². The van der Waals surface area contributed by atoms with E-state index in [0.29, 0.717) is 64.7 Å². The molecule has 0 bridgehead atoms. The summed E-state index contributed by atoms with van der Waals surface area (Å²) in [5.41, 5.74) is 9.57. The molecular weight excluding hydrogens is 859 g/mol. The number of methoxy groups -OCH3 is 1. The lowest BCUT2D eigenvalue weighted by molar-refractivity contribution is -0.119. The van der Waals surface area contributed by atoms with Crippen molar-refractivity contribution in [1.82, 2.24) is 24.4 Å². The van der Waals surface area contributed by atoms with E-state index in [9.17, 15) is 19.5 Å². The van der Waals surface area contributed by atoms with Crippen LogP contribution in [0.3, 0.4) is 0 Å². The van der Waals surface area contributed by atoms with E-state index in [0.717, 1.165) is 81.0 Å². The molecule has 0 saturated carbocycles. The molecule has 0 unspecified atom stereocenters. The predicted octanol–water partition coefficient (Wildman–Crippen LogP) is 6.90. The quantitative estimate of drug-likeness (QED) is 0.101. The zero-order valence-electron chi connectivity index (χ0n) is 39.9. The summed E-state index contributed by atoms with van der Waals surface area (Å²) >= 11 is 0. The molecule has 2 saturated heterocycles. The van der Waals surface area contributed by atoms with Gasteiger partial charge in [0.05, 0.1) is 42.4 Å². The smallest absolute Gasteiger partial charge is 0.276 e. The first kappa shape index (κ1) is 45.0. The van der Waals surface area contributed by atoms with Gasteiger partial charge in [0, 0.05) is 98.0 Å². The fourth-order valence-electron chi connectivity index (χ4n) is 11.2. The summed E-state index contributed by atoms with van der Waals surface area (Å²) in [4.78, 5) is 62.7. The lowest BCUT2D eigenvalue weighted by Crippen LogP contribution is -2.57. The van der Waals surface area contributed by atoms with Crippen LogP contribution in [-0.2, 0) is 41.0 Å². The highest BCUT2D eigenvalue weighted by Gasteiger charge is 2.40. The molecule has 68 heavy (non-hydrogen) atoms. The number of fused-ring (bicyclic) bond motifs is 4. The van der Waals surface area contributed by atoms with Crippen LogP contribution < -0.4 is 35.4 Å². The fourth-order valence-corrected chi connectivity index (χ4v) is 11.2. The van der Waals surface area contributed by atoms with E-state index in [1.54, 1.807) is 23.4 Å². The number of pyridine rings is 1. The molecule has 0 spiro atoms. The van der Waals surface area contributed by atoms with Crippen LogP contribution in [0.2, 0.25) is 0 Å². The van der Waals surface area contributed by atoms with Gasteiger partial charge in [0.1, 0.15) is 11.5 Å². The molecule has 10 rings (SSSR count). The summed E-state index contributed by atoms with van der Waals surface area (Å²) in [5, 5.41) is 20.3. The minimum atomic E-state index is -0.515. The van der Waals surface area contributed by atoms with Crippen LogP contribution in [0.4, 0.5) is 40.1 Å². The Morgan fingerprint density at radius 3 is 2.54 bits per heavy atom. The maximum atomic E-state index is 14.1. The van der Waals surface area contributed by atoms with Gasteiger partial charge in [-0.2, -0.15) is 0 Å². The topological polar surface area (TPSA) is 173 Å². The Balaban J connectivity index is 0.843. The number of piperazine rings is 1. The van der Waals surface area contributed by atoms with Gasteiger partial charge in [-0.3, -0.25) is 24.2 Å². The average Bonchev–Trinajstić information content (AvgIpc) is 3.91. The Morgan fingerprint density at radius 2 is 1.79 bits per heavy atom. The third kappa shape index (κ3) is 8.02. The second-order valence-electron chi connectivity index (χ2n) is 20.2. The van der Waals surface area contributed by atoms with E-state index < -0.39 is 5.41 Å². The fraction of sp³-hybridized carbons (Fsp3) is 0.423. The first-order valence-electron chi connectivity index (χ1n) is 23.8. The Bertz CT molecular complexity index is 2850. The van der Waals surface area contributed by atoms with Crippen LogP contribution in [0.5, 0.6) is 5.88 Å². The molecule has 4 aliphatic heterocycles. The van der Waals surface area contributed by atoms with Gasteiger partial charge in [0.2, 0.25) is 11.8 Å². The summed E-state index contributed by atoms with van der Waals surface area (Å²) in [6, 6.07) is 16.6. The van der Waals surface area contributed by atoms with Crippen molar-refractivity contribution in [3.8, 4) is 17.1 Å². The van der Waals surface area contributed by atoms with Crippen LogP contribution >= 0.6 is 0 Å². The van der Waals surface area contributed by atoms with Gasteiger partial charge < -0.3 is 40.2 Å². The van der Waals surface area contributed by atoms with E-state index >= 15 is 0 Å². The molecule has 1 aliphatic carbocycles. The third-order valence-electron chi connectivity index (χ3n) is 14.8. The molecular formula is C52H61N11O5. The number of piperidine rings is 1. The number of carbonyl (C=O) groups is 3. The summed E-state index contributed by atoms with van der Waals surface area (Å²) in [6.07, 6.45) is 8.44. The Labute approximate surface area is 397 Å². The van der Waals surface area contributed by atoms with Crippen molar-refractivity contribution in [3.05, 3.63) is 102 Å². The number of benzene rings is 2. The van der Waals surface area contributed by atoms with Crippen LogP contribution in [0.15, 0.2) is 73.6 Å². The molecule has 354 valence electrons. The number of carbonyl (C=O) groups excluding carboxylic acids is 3. The van der Waals surface area contributed by atoms with Gasteiger partial charge in [-0.15, -0.1) is 0 Å². The predicted molar refractivity (Wildman–Crippen MR) is 265 cm³/mol. The van der Waals surface area contributed by atoms with Gasteiger partial charge in [-0.25, -0.2) is 15.0 Å². The number of anilines is 7. The number of hydrogen-bond donors (Lipinski definition) is 4. The number of ether oxygens (including phenoxy) is 1. The van der Waals surface area contributed by atoms with Crippen molar-refractivity contribution >= 4 is 57.8 Å². The van der Waals surface area contributed by atoms with Gasteiger partial charge >= 0.3 is 0 Å². The highest BCUT2D eigenvalue weighted by atomic mass is 16.5. The third-order valence-corrected chi connectivity index (χ3v) is 14.8. The number of hydrogen-bond acceptors (Lipinski definition) is 12. The number of aliphatic hydroxyl groups excluding tert-OH is 1. The van der Waals surface area contributed by atoms with Gasteiger partial charge in [-0.05, 0) is 112 Å². The van der Waals surface area contributed by atoms with E-state index in [-0.39, 0.29) is 41.7 Å². The van der Waals surface area contributed by atoms with Crippen LogP contribution in [-0.4, -0.2) is 106 Å². The van der Waals surface area contributed by atoms with Gasteiger partial charge in [-0.1, -0.05) is 26.5 Å². The van der Waals surface area contributed by atoms with Crippen molar-refractivity contribution in [2.45, 2.75) is 91.0 Å². The molecule has 3 aromatic heterocycles. The lowest BCUT2D eigenvalue weighted by atomic mass is 9.86. The molecule has 4 N–H and O–H groups in total. The monoisotopic (exact) mass is 919 g/mol. The highest BCUT2D eigenvalue weighted by Crippen LogP contribution is 2.42. The highest BCUT2D eigenvalue weighted by molar-refractivity contribution is 6.07. The molecule has 16 heteroatoms. The van der Waals surface area contributed by atoms with Crippen LogP contribution in [0.25, 0.3) is 11.3 Å². The molecule has 16 nitrogen and oxygen atoms in total. The first-order chi connectivity index (χ1) is 32.7. The Hall–Kier alpha value is -6.78. The minimum absolute atomic E-state index is 0.0449. The summed E-state index contributed by atoms with van der Waals surface area (Å²) in [5.74, 6) is 0.540. The first-order valence-corrected chi connectivity index (χ1v) is 23.8. The standard InChI is InChI=1S/C52H61N11O5/c1-8-45(65)56-40-24-33(9-12-42(40)61-20-19-60(29-31(61)2)34-14-17-59(18-15-34)35-10-11-38-39(25-35)58-50(67)52(38,5)6)55-46-48(68-7)54-28-41(57-46)36-13-16-53-47(37(36)30-64)63-22-21-62-43(49(63)66)23-32-26-51(3,4)27-44(32)62/h8-13,16,23-25,28,31,34,64H,1,14-15,17-22,26-27,29-30H2,2-7H3,(H,55,57)(H,56,65)(H,58,67)/t31-/m0/s1. The SMILES string of the molecule is C=CC(=O)Nc1cc(Nc2nc(-c3ccnc(N4CCn5c(cc6c5CC(C)(C)C6)C4=O)c3CO)cnc2OC)ccc1N1CCN(C2CCN(c3ccc4c(c3)NC(=O)C4(C)C)CC2)C[C@@H]1C. The summed E-state index contributed by atoms with van der Waals surface area (Å²) < 4.78 is 7.82. The molecule has 7 heterocycles. The van der Waals surface area contributed by atoms with Crippen molar-refractivity contribution in [1.29, 1.82) is 0 Å². The molecule has 2 fully saturated rings. The average molecular weight is 920 g/mol. The molecule has 1 atom stereocenters. The minimum Gasteiger partial charge on any atom is -0.478 e. The zero-order chi connectivity index (χ0) is 47.6. The van der Waals surface area contributed by atoms with E-state index in [4.69, 9.17) is 9.72 Å². The molecule has 2 aromatic carbocycles. The van der Waals surface area contributed by atoms with E-state index in [1.165, 1.54) is 24.4 Å². The number of rotatable bonds is 11. The molecule has 5 aliphatic rings. The van der Waals surface area contributed by atoms with Gasteiger partial charge in [0.15, 0.2) is 5.82 Å². The molecule has 3 amide bonds. The van der Waals surface area contributed by atoms with Crippen molar-refractivity contribution in [2.75, 3.05) is 77.0 Å².